The highest BCUT2D eigenvalue weighted by atomic mass is 32.1. The monoisotopic (exact) mass is 260 g/mol. The van der Waals surface area contributed by atoms with Gasteiger partial charge in [-0.15, -0.1) is 0 Å². The summed E-state index contributed by atoms with van der Waals surface area (Å²) >= 11 is 5.11. The zero-order valence-electron chi connectivity index (χ0n) is 10.3. The Labute approximate surface area is 112 Å². The van der Waals surface area contributed by atoms with E-state index in [-0.39, 0.29) is 0 Å². The second-order valence-electron chi connectivity index (χ2n) is 3.90. The molecule has 94 valence electrons. The minimum absolute atomic E-state index is 0.622. The van der Waals surface area contributed by atoms with E-state index in [9.17, 15) is 0 Å². The molecule has 0 aliphatic rings. The summed E-state index contributed by atoms with van der Waals surface area (Å²) in [7, 11) is 0. The van der Waals surface area contributed by atoms with E-state index < -0.39 is 0 Å². The summed E-state index contributed by atoms with van der Waals surface area (Å²) in [6.07, 6.45) is 3.71. The molecule has 1 aromatic carbocycles. The first-order valence-electron chi connectivity index (χ1n) is 5.89. The van der Waals surface area contributed by atoms with Crippen LogP contribution in [-0.2, 0) is 6.54 Å². The smallest absolute Gasteiger partial charge is 0.170 e. The number of aromatic nitrogens is 2. The van der Waals surface area contributed by atoms with Crippen LogP contribution in [0.4, 0.5) is 5.69 Å². The van der Waals surface area contributed by atoms with E-state index in [1.807, 2.05) is 36.0 Å². The van der Waals surface area contributed by atoms with Crippen molar-refractivity contribution in [1.29, 1.82) is 0 Å². The number of hydrogen-bond donors (Lipinski definition) is 2. The van der Waals surface area contributed by atoms with Crippen molar-refractivity contribution in [3.05, 3.63) is 48.3 Å². The Bertz CT molecular complexity index is 507. The van der Waals surface area contributed by atoms with Crippen molar-refractivity contribution in [1.82, 2.24) is 15.1 Å². The second-order valence-corrected chi connectivity index (χ2v) is 4.30. The van der Waals surface area contributed by atoms with Crippen molar-refractivity contribution < 1.29 is 0 Å². The van der Waals surface area contributed by atoms with Crippen LogP contribution in [0.2, 0.25) is 0 Å². The second kappa shape index (κ2) is 6.16. The van der Waals surface area contributed by atoms with Crippen molar-refractivity contribution in [2.45, 2.75) is 13.5 Å². The fourth-order valence-electron chi connectivity index (χ4n) is 1.62. The molecule has 0 atom stereocenters. The lowest BCUT2D eigenvalue weighted by Crippen LogP contribution is -2.27. The number of hydrogen-bond acceptors (Lipinski definition) is 2. The van der Waals surface area contributed by atoms with Crippen LogP contribution in [0.5, 0.6) is 0 Å². The van der Waals surface area contributed by atoms with E-state index in [0.717, 1.165) is 18.8 Å². The Morgan fingerprint density at radius 2 is 2.11 bits per heavy atom. The topological polar surface area (TPSA) is 41.9 Å². The maximum absolute atomic E-state index is 5.11. The Kier molecular flexibility index (Phi) is 4.30. The third-order valence-electron chi connectivity index (χ3n) is 2.42. The maximum Gasteiger partial charge on any atom is 0.170 e. The van der Waals surface area contributed by atoms with Crippen molar-refractivity contribution in [2.24, 2.45) is 0 Å². The fourth-order valence-corrected chi connectivity index (χ4v) is 1.88. The zero-order valence-corrected chi connectivity index (χ0v) is 11.1. The van der Waals surface area contributed by atoms with Gasteiger partial charge >= 0.3 is 0 Å². The predicted molar refractivity (Wildman–Crippen MR) is 77.7 cm³/mol. The van der Waals surface area contributed by atoms with E-state index >= 15 is 0 Å². The molecule has 0 saturated heterocycles. The van der Waals surface area contributed by atoms with Gasteiger partial charge in [-0.1, -0.05) is 30.3 Å². The summed E-state index contributed by atoms with van der Waals surface area (Å²) in [6.45, 7) is 3.58. The summed E-state index contributed by atoms with van der Waals surface area (Å²) in [5.41, 5.74) is 2.12. The number of benzene rings is 1. The fraction of sp³-hybridized carbons (Fsp3) is 0.231. The molecule has 0 fully saturated rings. The molecule has 0 bridgehead atoms. The maximum atomic E-state index is 5.11. The largest absolute Gasteiger partial charge is 0.363 e. The third-order valence-corrected chi connectivity index (χ3v) is 2.66. The average molecular weight is 260 g/mol. The lowest BCUT2D eigenvalue weighted by Gasteiger charge is -2.05. The molecule has 1 aromatic heterocycles. The first-order valence-corrected chi connectivity index (χ1v) is 6.30. The Balaban J connectivity index is 1.96. The van der Waals surface area contributed by atoms with Gasteiger partial charge in [0.1, 0.15) is 0 Å². The zero-order chi connectivity index (χ0) is 12.8. The summed E-state index contributed by atoms with van der Waals surface area (Å²) in [5.74, 6) is 0. The van der Waals surface area contributed by atoms with Crippen LogP contribution in [-0.4, -0.2) is 21.4 Å². The van der Waals surface area contributed by atoms with Crippen LogP contribution < -0.4 is 10.6 Å². The number of rotatable bonds is 4. The quantitative estimate of drug-likeness (QED) is 0.827. The minimum Gasteiger partial charge on any atom is -0.363 e. The summed E-state index contributed by atoms with van der Waals surface area (Å²) in [6, 6.07) is 10.2. The highest BCUT2D eigenvalue weighted by Crippen LogP contribution is 2.07. The molecule has 0 saturated carbocycles. The van der Waals surface area contributed by atoms with E-state index in [1.54, 1.807) is 6.20 Å². The van der Waals surface area contributed by atoms with Gasteiger partial charge in [0.2, 0.25) is 0 Å². The number of thiocarbonyl (C=S) groups is 1. The lowest BCUT2D eigenvalue weighted by molar-refractivity contribution is 0.687. The van der Waals surface area contributed by atoms with Gasteiger partial charge in [0.25, 0.3) is 0 Å². The van der Waals surface area contributed by atoms with Gasteiger partial charge in [0.05, 0.1) is 18.4 Å². The molecule has 0 unspecified atom stereocenters. The first kappa shape index (κ1) is 12.6. The average Bonchev–Trinajstić information content (AvgIpc) is 2.78. The highest BCUT2D eigenvalue weighted by Gasteiger charge is 2.01. The van der Waals surface area contributed by atoms with E-state index in [2.05, 4.69) is 27.9 Å². The van der Waals surface area contributed by atoms with Crippen LogP contribution in [0.25, 0.3) is 0 Å². The highest BCUT2D eigenvalue weighted by molar-refractivity contribution is 7.80. The van der Waals surface area contributed by atoms with Gasteiger partial charge < -0.3 is 10.6 Å². The van der Waals surface area contributed by atoms with Gasteiger partial charge in [0.15, 0.2) is 5.11 Å². The van der Waals surface area contributed by atoms with Crippen molar-refractivity contribution >= 4 is 23.0 Å². The van der Waals surface area contributed by atoms with Crippen LogP contribution in [0.15, 0.2) is 42.7 Å². The third kappa shape index (κ3) is 3.56. The van der Waals surface area contributed by atoms with Crippen molar-refractivity contribution in [3.8, 4) is 0 Å². The Morgan fingerprint density at radius 3 is 2.83 bits per heavy atom. The molecule has 0 amide bonds. The van der Waals surface area contributed by atoms with Gasteiger partial charge in [-0.2, -0.15) is 5.10 Å². The van der Waals surface area contributed by atoms with Crippen LogP contribution in [0, 0.1) is 0 Å². The molecular weight excluding hydrogens is 244 g/mol. The summed E-state index contributed by atoms with van der Waals surface area (Å²) in [5, 5.41) is 11.0. The van der Waals surface area contributed by atoms with Gasteiger partial charge in [-0.05, 0) is 24.7 Å². The Hall–Kier alpha value is -1.88. The molecule has 4 nitrogen and oxygen atoms in total. The van der Waals surface area contributed by atoms with Crippen molar-refractivity contribution in [2.75, 3.05) is 11.9 Å². The lowest BCUT2D eigenvalue weighted by atomic mass is 10.2. The molecule has 0 aliphatic carbocycles. The molecule has 2 N–H and O–H groups in total. The Morgan fingerprint density at radius 1 is 1.33 bits per heavy atom. The molecule has 18 heavy (non-hydrogen) atoms. The number of nitrogens with one attached hydrogen (secondary N) is 2. The normalized spacial score (nSPS) is 10.1. The van der Waals surface area contributed by atoms with E-state index in [4.69, 9.17) is 12.2 Å². The van der Waals surface area contributed by atoms with Gasteiger partial charge in [-0.25, -0.2) is 0 Å². The van der Waals surface area contributed by atoms with E-state index in [0.29, 0.717) is 5.11 Å². The number of anilines is 1. The van der Waals surface area contributed by atoms with Crippen LogP contribution in [0.3, 0.4) is 0 Å². The molecule has 0 aliphatic heterocycles. The summed E-state index contributed by atoms with van der Waals surface area (Å²) < 4.78 is 1.88. The molecule has 1 heterocycles. The molecular formula is C13H16N4S. The van der Waals surface area contributed by atoms with Gasteiger partial charge in [-0.3, -0.25) is 4.68 Å². The minimum atomic E-state index is 0.622. The SMILES string of the molecule is CCNC(=S)Nc1cnn(Cc2ccccc2)c1. The molecule has 0 radical (unpaired) electrons. The van der Waals surface area contributed by atoms with Gasteiger partial charge in [0, 0.05) is 12.7 Å². The molecule has 2 rings (SSSR count). The van der Waals surface area contributed by atoms with Crippen LogP contribution >= 0.6 is 12.2 Å². The molecule has 0 spiro atoms. The summed E-state index contributed by atoms with van der Waals surface area (Å²) in [4.78, 5) is 0. The number of nitrogens with zero attached hydrogens (tertiary/aromatic N) is 2. The standard InChI is InChI=1S/C13H16N4S/c1-2-14-13(18)16-12-8-15-17(10-12)9-11-6-4-3-5-7-11/h3-8,10H,2,9H2,1H3,(H2,14,16,18). The molecule has 5 heteroatoms. The van der Waals surface area contributed by atoms with E-state index in [1.165, 1.54) is 5.56 Å². The van der Waals surface area contributed by atoms with Crippen molar-refractivity contribution in [3.63, 3.8) is 0 Å². The predicted octanol–water partition coefficient (Wildman–Crippen LogP) is 2.24. The van der Waals surface area contributed by atoms with Crippen LogP contribution in [0.1, 0.15) is 12.5 Å². The molecule has 2 aromatic rings. The first-order chi connectivity index (χ1) is 8.78.